The Hall–Kier alpha value is -2.00. The van der Waals surface area contributed by atoms with Crippen LogP contribution in [0.15, 0.2) is 36.4 Å². The summed E-state index contributed by atoms with van der Waals surface area (Å²) in [5.41, 5.74) is 5.50. The molecule has 0 spiro atoms. The second kappa shape index (κ2) is 5.08. The topological polar surface area (TPSA) is 30.5 Å². The van der Waals surface area contributed by atoms with Gasteiger partial charge in [0.1, 0.15) is 0 Å². The van der Waals surface area contributed by atoms with E-state index < -0.39 is 0 Å². The molecule has 4 rings (SSSR count). The molecule has 1 atom stereocenters. The first-order chi connectivity index (χ1) is 10.3. The van der Waals surface area contributed by atoms with Crippen molar-refractivity contribution in [1.29, 1.82) is 0 Å². The van der Waals surface area contributed by atoms with E-state index in [0.29, 0.717) is 12.8 Å². The van der Waals surface area contributed by atoms with Crippen molar-refractivity contribution in [3.05, 3.63) is 58.7 Å². The van der Waals surface area contributed by atoms with Crippen LogP contribution >= 0.6 is 0 Å². The molecule has 2 aromatic carbocycles. The molecule has 2 aromatic rings. The fourth-order valence-electron chi connectivity index (χ4n) is 3.27. The number of nitrogens with one attached hydrogen (secondary N) is 1. The summed E-state index contributed by atoms with van der Waals surface area (Å²) in [7, 11) is 0. The Morgan fingerprint density at radius 1 is 1.14 bits per heavy atom. The number of hydrogen-bond donors (Lipinski definition) is 1. The Kier molecular flexibility index (Phi) is 3.08. The fourth-order valence-corrected chi connectivity index (χ4v) is 3.27. The normalized spacial score (nSPS) is 19.4. The molecule has 0 bridgehead atoms. The largest absolute Gasteiger partial charge is 0.454 e. The Bertz CT molecular complexity index is 681. The first-order valence-electron chi connectivity index (χ1n) is 7.51. The lowest BCUT2D eigenvalue weighted by molar-refractivity contribution is 0.174. The summed E-state index contributed by atoms with van der Waals surface area (Å²) in [6.45, 7) is 3.54. The molecule has 3 heteroatoms. The summed E-state index contributed by atoms with van der Waals surface area (Å²) < 4.78 is 11.0. The minimum absolute atomic E-state index is 0.341. The van der Waals surface area contributed by atoms with Crippen molar-refractivity contribution in [2.75, 3.05) is 13.3 Å². The van der Waals surface area contributed by atoms with Gasteiger partial charge in [-0.1, -0.05) is 24.3 Å². The van der Waals surface area contributed by atoms with Gasteiger partial charge in [-0.3, -0.25) is 0 Å². The summed E-state index contributed by atoms with van der Waals surface area (Å²) in [6, 6.07) is 13.3. The van der Waals surface area contributed by atoms with E-state index >= 15 is 0 Å². The molecular weight excluding hydrogens is 262 g/mol. The first kappa shape index (κ1) is 12.7. The Morgan fingerprint density at radius 2 is 1.95 bits per heavy atom. The Labute approximate surface area is 124 Å². The highest BCUT2D eigenvalue weighted by Gasteiger charge is 2.25. The molecule has 0 saturated carbocycles. The van der Waals surface area contributed by atoms with Crippen molar-refractivity contribution in [3.8, 4) is 11.5 Å². The van der Waals surface area contributed by atoms with Crippen LogP contribution in [0.25, 0.3) is 0 Å². The SMILES string of the molecule is Cc1ccccc1CC1NCCc2cc3c(cc21)OCO3. The number of fused-ring (bicyclic) bond motifs is 2. The molecule has 0 aliphatic carbocycles. The molecule has 3 nitrogen and oxygen atoms in total. The van der Waals surface area contributed by atoms with Gasteiger partial charge in [0.2, 0.25) is 6.79 Å². The molecule has 2 heterocycles. The van der Waals surface area contributed by atoms with E-state index in [0.717, 1.165) is 30.9 Å². The zero-order valence-electron chi connectivity index (χ0n) is 12.2. The maximum atomic E-state index is 5.54. The fraction of sp³-hybridized carbons (Fsp3) is 0.333. The highest BCUT2D eigenvalue weighted by atomic mass is 16.7. The van der Waals surface area contributed by atoms with E-state index in [9.17, 15) is 0 Å². The molecule has 0 fully saturated rings. The second-order valence-corrected chi connectivity index (χ2v) is 5.79. The molecular formula is C18H19NO2. The maximum absolute atomic E-state index is 5.54. The van der Waals surface area contributed by atoms with Crippen molar-refractivity contribution < 1.29 is 9.47 Å². The smallest absolute Gasteiger partial charge is 0.231 e. The molecule has 1 N–H and O–H groups in total. The minimum Gasteiger partial charge on any atom is -0.454 e. The molecule has 21 heavy (non-hydrogen) atoms. The van der Waals surface area contributed by atoms with Gasteiger partial charge in [0, 0.05) is 6.04 Å². The lowest BCUT2D eigenvalue weighted by Crippen LogP contribution is -2.31. The van der Waals surface area contributed by atoms with Crippen LogP contribution in [0, 0.1) is 6.92 Å². The van der Waals surface area contributed by atoms with Crippen LogP contribution in [0.2, 0.25) is 0 Å². The van der Waals surface area contributed by atoms with Crippen molar-refractivity contribution in [2.24, 2.45) is 0 Å². The Morgan fingerprint density at radius 3 is 2.81 bits per heavy atom. The average Bonchev–Trinajstić information content (AvgIpc) is 2.95. The quantitative estimate of drug-likeness (QED) is 0.917. The molecule has 0 aromatic heterocycles. The molecule has 2 aliphatic rings. The van der Waals surface area contributed by atoms with Crippen LogP contribution in [0.1, 0.15) is 28.3 Å². The number of benzene rings is 2. The summed E-state index contributed by atoms with van der Waals surface area (Å²) in [6.07, 6.45) is 2.07. The summed E-state index contributed by atoms with van der Waals surface area (Å²) in [5, 5.41) is 3.65. The number of aryl methyl sites for hydroxylation is 1. The molecule has 108 valence electrons. The van der Waals surface area contributed by atoms with Crippen LogP contribution in [0.4, 0.5) is 0 Å². The van der Waals surface area contributed by atoms with Crippen LogP contribution in [-0.4, -0.2) is 13.3 Å². The summed E-state index contributed by atoms with van der Waals surface area (Å²) >= 11 is 0. The average molecular weight is 281 g/mol. The summed E-state index contributed by atoms with van der Waals surface area (Å²) in [4.78, 5) is 0. The minimum atomic E-state index is 0.341. The van der Waals surface area contributed by atoms with E-state index in [-0.39, 0.29) is 0 Å². The second-order valence-electron chi connectivity index (χ2n) is 5.79. The molecule has 0 saturated heterocycles. The summed E-state index contributed by atoms with van der Waals surface area (Å²) in [5.74, 6) is 1.78. The third kappa shape index (κ3) is 2.28. The lowest BCUT2D eigenvalue weighted by Gasteiger charge is -2.28. The van der Waals surface area contributed by atoms with E-state index in [4.69, 9.17) is 9.47 Å². The van der Waals surface area contributed by atoms with E-state index in [1.165, 1.54) is 22.3 Å². The van der Waals surface area contributed by atoms with Gasteiger partial charge in [0.25, 0.3) is 0 Å². The third-order valence-electron chi connectivity index (χ3n) is 4.48. The predicted octanol–water partition coefficient (Wildman–Crippen LogP) is 3.15. The monoisotopic (exact) mass is 281 g/mol. The van der Waals surface area contributed by atoms with Crippen LogP contribution < -0.4 is 14.8 Å². The highest BCUT2D eigenvalue weighted by Crippen LogP contribution is 2.39. The van der Waals surface area contributed by atoms with Crippen molar-refractivity contribution in [1.82, 2.24) is 5.32 Å². The van der Waals surface area contributed by atoms with E-state index in [1.54, 1.807) is 0 Å². The molecule has 2 aliphatic heterocycles. The lowest BCUT2D eigenvalue weighted by atomic mass is 9.89. The van der Waals surface area contributed by atoms with Gasteiger partial charge in [0.05, 0.1) is 0 Å². The zero-order valence-corrected chi connectivity index (χ0v) is 12.2. The van der Waals surface area contributed by atoms with Gasteiger partial charge in [-0.2, -0.15) is 0 Å². The molecule has 1 unspecified atom stereocenters. The standard InChI is InChI=1S/C18H19NO2/c1-12-4-2-3-5-13(12)8-16-15-10-18-17(20-11-21-18)9-14(15)6-7-19-16/h2-5,9-10,16,19H,6-8,11H2,1H3. The molecule has 0 amide bonds. The van der Waals surface area contributed by atoms with Crippen molar-refractivity contribution in [3.63, 3.8) is 0 Å². The number of hydrogen-bond acceptors (Lipinski definition) is 3. The number of rotatable bonds is 2. The molecule has 0 radical (unpaired) electrons. The predicted molar refractivity (Wildman–Crippen MR) is 81.9 cm³/mol. The third-order valence-corrected chi connectivity index (χ3v) is 4.48. The van der Waals surface area contributed by atoms with Crippen LogP contribution in [0.5, 0.6) is 11.5 Å². The van der Waals surface area contributed by atoms with Crippen molar-refractivity contribution in [2.45, 2.75) is 25.8 Å². The Balaban J connectivity index is 1.69. The van der Waals surface area contributed by atoms with Gasteiger partial charge >= 0.3 is 0 Å². The maximum Gasteiger partial charge on any atom is 0.231 e. The van der Waals surface area contributed by atoms with Gasteiger partial charge < -0.3 is 14.8 Å². The van der Waals surface area contributed by atoms with Crippen LogP contribution in [-0.2, 0) is 12.8 Å². The van der Waals surface area contributed by atoms with Gasteiger partial charge in [-0.25, -0.2) is 0 Å². The van der Waals surface area contributed by atoms with E-state index in [2.05, 4.69) is 48.6 Å². The van der Waals surface area contributed by atoms with E-state index in [1.807, 2.05) is 0 Å². The van der Waals surface area contributed by atoms with Crippen LogP contribution in [0.3, 0.4) is 0 Å². The first-order valence-corrected chi connectivity index (χ1v) is 7.51. The van der Waals surface area contributed by atoms with Gasteiger partial charge in [-0.15, -0.1) is 0 Å². The van der Waals surface area contributed by atoms with Gasteiger partial charge in [-0.05, 0) is 60.7 Å². The zero-order chi connectivity index (χ0) is 14.2. The highest BCUT2D eigenvalue weighted by molar-refractivity contribution is 5.51. The number of ether oxygens (including phenoxy) is 2. The van der Waals surface area contributed by atoms with Gasteiger partial charge in [0.15, 0.2) is 11.5 Å². The van der Waals surface area contributed by atoms with Crippen molar-refractivity contribution >= 4 is 0 Å².